The van der Waals surface area contributed by atoms with Crippen molar-refractivity contribution in [3.05, 3.63) is 65.7 Å². The summed E-state index contributed by atoms with van der Waals surface area (Å²) in [6.45, 7) is 1.56. The summed E-state index contributed by atoms with van der Waals surface area (Å²) in [6.07, 6.45) is 0.896. The molecule has 0 aliphatic heterocycles. The third kappa shape index (κ3) is 7.68. The van der Waals surface area contributed by atoms with Crippen molar-refractivity contribution in [2.75, 3.05) is 26.7 Å². The maximum absolute atomic E-state index is 13.1. The van der Waals surface area contributed by atoms with Gasteiger partial charge in [0.05, 0.1) is 6.54 Å². The molecule has 0 aliphatic carbocycles. The maximum atomic E-state index is 13.1. The van der Waals surface area contributed by atoms with Crippen LogP contribution in [-0.4, -0.2) is 32.7 Å². The van der Waals surface area contributed by atoms with Crippen LogP contribution < -0.4 is 15.4 Å². The van der Waals surface area contributed by atoms with Crippen molar-refractivity contribution in [3.8, 4) is 5.75 Å². The van der Waals surface area contributed by atoms with Gasteiger partial charge in [0.1, 0.15) is 12.4 Å². The smallest absolute Gasteiger partial charge is 0.191 e. The lowest BCUT2D eigenvalue weighted by Gasteiger charge is -2.12. The number of nitrogens with one attached hydrogen (secondary N) is 2. The second-order valence-corrected chi connectivity index (χ2v) is 5.09. The van der Waals surface area contributed by atoms with Crippen LogP contribution >= 0.6 is 24.0 Å². The minimum Gasteiger partial charge on any atom is -0.492 e. The predicted octanol–water partition coefficient (Wildman–Crippen LogP) is 3.37. The first-order valence-electron chi connectivity index (χ1n) is 7.75. The van der Waals surface area contributed by atoms with Crippen LogP contribution in [-0.2, 0) is 6.42 Å². The van der Waals surface area contributed by atoms with Gasteiger partial charge in [-0.1, -0.05) is 30.3 Å². The SMILES string of the molecule is CN=C(NCCOc1ccc(F)c(F)c1)NCCc1ccccc1.I. The number of aliphatic imine (C=N–C) groups is 1. The Morgan fingerprint density at radius 3 is 2.40 bits per heavy atom. The van der Waals surface area contributed by atoms with E-state index in [-0.39, 0.29) is 24.0 Å². The van der Waals surface area contributed by atoms with Gasteiger partial charge < -0.3 is 15.4 Å². The first kappa shape index (κ1) is 21.1. The van der Waals surface area contributed by atoms with E-state index in [1.165, 1.54) is 11.6 Å². The van der Waals surface area contributed by atoms with E-state index < -0.39 is 11.6 Å². The Kier molecular flexibility index (Phi) is 9.83. The fraction of sp³-hybridized carbons (Fsp3) is 0.278. The van der Waals surface area contributed by atoms with Crippen LogP contribution in [0.3, 0.4) is 0 Å². The summed E-state index contributed by atoms with van der Waals surface area (Å²) in [4.78, 5) is 4.12. The van der Waals surface area contributed by atoms with Gasteiger partial charge >= 0.3 is 0 Å². The molecule has 0 heterocycles. The average Bonchev–Trinajstić information content (AvgIpc) is 2.61. The van der Waals surface area contributed by atoms with Crippen LogP contribution in [0.15, 0.2) is 53.5 Å². The number of ether oxygens (including phenoxy) is 1. The largest absolute Gasteiger partial charge is 0.492 e. The third-order valence-electron chi connectivity index (χ3n) is 3.33. The number of rotatable bonds is 7. The zero-order chi connectivity index (χ0) is 17.2. The third-order valence-corrected chi connectivity index (χ3v) is 3.33. The Morgan fingerprint density at radius 1 is 1.00 bits per heavy atom. The first-order chi connectivity index (χ1) is 11.7. The number of nitrogens with zero attached hydrogens (tertiary/aromatic N) is 1. The Morgan fingerprint density at radius 2 is 1.72 bits per heavy atom. The van der Waals surface area contributed by atoms with Gasteiger partial charge in [0, 0.05) is 19.7 Å². The summed E-state index contributed by atoms with van der Waals surface area (Å²) < 4.78 is 31.2. The quantitative estimate of drug-likeness (QED) is 0.288. The molecule has 0 saturated heterocycles. The highest BCUT2D eigenvalue weighted by atomic mass is 127. The number of hydrogen-bond acceptors (Lipinski definition) is 2. The van der Waals surface area contributed by atoms with Gasteiger partial charge in [-0.3, -0.25) is 4.99 Å². The normalized spacial score (nSPS) is 10.8. The van der Waals surface area contributed by atoms with E-state index in [4.69, 9.17) is 4.74 Å². The molecule has 0 amide bonds. The van der Waals surface area contributed by atoms with Gasteiger partial charge in [0.2, 0.25) is 0 Å². The fourth-order valence-corrected chi connectivity index (χ4v) is 2.10. The molecule has 0 fully saturated rings. The van der Waals surface area contributed by atoms with Crippen LogP contribution in [0, 0.1) is 11.6 Å². The van der Waals surface area contributed by atoms with Crippen LogP contribution in [0.2, 0.25) is 0 Å². The maximum Gasteiger partial charge on any atom is 0.191 e. The van der Waals surface area contributed by atoms with Gasteiger partial charge in [-0.15, -0.1) is 24.0 Å². The minimum absolute atomic E-state index is 0. The molecule has 136 valence electrons. The van der Waals surface area contributed by atoms with Gasteiger partial charge in [0.15, 0.2) is 17.6 Å². The molecule has 7 heteroatoms. The van der Waals surface area contributed by atoms with Crippen molar-refractivity contribution in [2.24, 2.45) is 4.99 Å². The molecular formula is C18H22F2IN3O. The van der Waals surface area contributed by atoms with E-state index in [1.54, 1.807) is 7.05 Å². The van der Waals surface area contributed by atoms with Gasteiger partial charge in [-0.2, -0.15) is 0 Å². The lowest BCUT2D eigenvalue weighted by atomic mass is 10.1. The summed E-state index contributed by atoms with van der Waals surface area (Å²) in [5, 5.41) is 6.30. The van der Waals surface area contributed by atoms with E-state index in [2.05, 4.69) is 27.8 Å². The number of guanidine groups is 1. The molecule has 0 spiro atoms. The number of halogens is 3. The van der Waals surface area contributed by atoms with Crippen molar-refractivity contribution < 1.29 is 13.5 Å². The second-order valence-electron chi connectivity index (χ2n) is 5.09. The molecule has 0 saturated carbocycles. The molecule has 2 aromatic rings. The summed E-state index contributed by atoms with van der Waals surface area (Å²) >= 11 is 0. The highest BCUT2D eigenvalue weighted by Gasteiger charge is 2.03. The molecule has 0 bridgehead atoms. The molecule has 0 radical (unpaired) electrons. The average molecular weight is 461 g/mol. The topological polar surface area (TPSA) is 45.7 Å². The number of hydrogen-bond donors (Lipinski definition) is 2. The summed E-state index contributed by atoms with van der Waals surface area (Å²) in [7, 11) is 1.69. The Hall–Kier alpha value is -1.90. The predicted molar refractivity (Wildman–Crippen MR) is 107 cm³/mol. The summed E-state index contributed by atoms with van der Waals surface area (Å²) in [6, 6.07) is 13.6. The van der Waals surface area contributed by atoms with Crippen molar-refractivity contribution in [2.45, 2.75) is 6.42 Å². The zero-order valence-corrected chi connectivity index (χ0v) is 16.3. The molecule has 0 atom stereocenters. The highest BCUT2D eigenvalue weighted by molar-refractivity contribution is 14.0. The van der Waals surface area contributed by atoms with E-state index in [0.717, 1.165) is 25.1 Å². The van der Waals surface area contributed by atoms with Crippen molar-refractivity contribution >= 4 is 29.9 Å². The van der Waals surface area contributed by atoms with Gasteiger partial charge in [-0.05, 0) is 24.1 Å². The molecule has 2 aromatic carbocycles. The fourth-order valence-electron chi connectivity index (χ4n) is 2.10. The zero-order valence-electron chi connectivity index (χ0n) is 14.0. The molecule has 25 heavy (non-hydrogen) atoms. The van der Waals surface area contributed by atoms with Crippen LogP contribution in [0.4, 0.5) is 8.78 Å². The monoisotopic (exact) mass is 461 g/mol. The molecule has 4 nitrogen and oxygen atoms in total. The van der Waals surface area contributed by atoms with E-state index in [1.807, 2.05) is 18.2 Å². The molecule has 0 aliphatic rings. The van der Waals surface area contributed by atoms with Crippen LogP contribution in [0.5, 0.6) is 5.75 Å². The highest BCUT2D eigenvalue weighted by Crippen LogP contribution is 2.14. The van der Waals surface area contributed by atoms with Crippen LogP contribution in [0.25, 0.3) is 0 Å². The lowest BCUT2D eigenvalue weighted by Crippen LogP contribution is -2.40. The minimum atomic E-state index is -0.918. The van der Waals surface area contributed by atoms with Gasteiger partial charge in [-0.25, -0.2) is 8.78 Å². The summed E-state index contributed by atoms with van der Waals surface area (Å²) in [5.41, 5.74) is 1.25. The summed E-state index contributed by atoms with van der Waals surface area (Å²) in [5.74, 6) is -0.843. The van der Waals surface area contributed by atoms with Crippen molar-refractivity contribution in [3.63, 3.8) is 0 Å². The first-order valence-corrected chi connectivity index (χ1v) is 7.75. The van der Waals surface area contributed by atoms with E-state index in [0.29, 0.717) is 24.9 Å². The second kappa shape index (κ2) is 11.6. The molecule has 0 unspecified atom stereocenters. The number of benzene rings is 2. The standard InChI is InChI=1S/C18H21F2N3O.HI/c1-21-18(22-10-9-14-5-3-2-4-6-14)23-11-12-24-15-7-8-16(19)17(20)13-15;/h2-8,13H,9-12H2,1H3,(H2,21,22,23);1H. The molecule has 2 N–H and O–H groups in total. The van der Waals surface area contributed by atoms with Crippen LogP contribution in [0.1, 0.15) is 5.56 Å². The Labute approximate surface area is 163 Å². The van der Waals surface area contributed by atoms with Crippen molar-refractivity contribution in [1.82, 2.24) is 10.6 Å². The molecule has 2 rings (SSSR count). The van der Waals surface area contributed by atoms with E-state index in [9.17, 15) is 8.78 Å². The Balaban J connectivity index is 0.00000312. The van der Waals surface area contributed by atoms with Crippen molar-refractivity contribution in [1.29, 1.82) is 0 Å². The lowest BCUT2D eigenvalue weighted by molar-refractivity contribution is 0.318. The van der Waals surface area contributed by atoms with Gasteiger partial charge in [0.25, 0.3) is 0 Å². The van der Waals surface area contributed by atoms with E-state index >= 15 is 0 Å². The molecule has 0 aromatic heterocycles. The molecular weight excluding hydrogens is 439 g/mol. The Bertz CT molecular complexity index is 669.